The van der Waals surface area contributed by atoms with Gasteiger partial charge in [-0.2, -0.15) is 0 Å². The van der Waals surface area contributed by atoms with Gasteiger partial charge in [0.1, 0.15) is 0 Å². The number of hydrogen-bond acceptors (Lipinski definition) is 4. The van der Waals surface area contributed by atoms with Crippen LogP contribution < -0.4 is 4.72 Å². The molecule has 0 spiro atoms. The number of rotatable bonds is 5. The van der Waals surface area contributed by atoms with Crippen molar-refractivity contribution in [1.82, 2.24) is 14.6 Å². The third-order valence-electron chi connectivity index (χ3n) is 4.31. The molecule has 1 aromatic carbocycles. The molecule has 1 N–H and O–H groups in total. The second kappa shape index (κ2) is 7.76. The van der Waals surface area contributed by atoms with Crippen molar-refractivity contribution in [2.24, 2.45) is 0 Å². The van der Waals surface area contributed by atoms with Gasteiger partial charge in [-0.1, -0.05) is 24.3 Å². The Labute approximate surface area is 147 Å². The van der Waals surface area contributed by atoms with Crippen LogP contribution in [0.3, 0.4) is 0 Å². The molecule has 1 unspecified atom stereocenters. The first-order valence-corrected chi connectivity index (χ1v) is 9.83. The number of carbonyl (C=O) groups is 1. The minimum Gasteiger partial charge on any atom is -0.337 e. The predicted octanol–water partition coefficient (Wildman–Crippen LogP) is 1.81. The van der Waals surface area contributed by atoms with Crippen LogP contribution in [0, 0.1) is 0 Å². The van der Waals surface area contributed by atoms with Crippen molar-refractivity contribution < 1.29 is 13.2 Å². The molecular weight excluding hydrogens is 338 g/mol. The third-order valence-corrected chi connectivity index (χ3v) is 6.11. The van der Waals surface area contributed by atoms with Crippen molar-refractivity contribution in [3.05, 3.63) is 66.0 Å². The lowest BCUT2D eigenvalue weighted by Gasteiger charge is -2.32. The Hall–Kier alpha value is -2.25. The zero-order valence-electron chi connectivity index (χ0n) is 13.8. The van der Waals surface area contributed by atoms with Crippen LogP contribution in [0.2, 0.25) is 0 Å². The minimum atomic E-state index is -3.51. The van der Waals surface area contributed by atoms with Gasteiger partial charge in [-0.05, 0) is 37.1 Å². The molecule has 1 amide bonds. The fourth-order valence-corrected chi connectivity index (χ4v) is 4.37. The van der Waals surface area contributed by atoms with Crippen LogP contribution >= 0.6 is 0 Å². The number of aromatic nitrogens is 1. The monoisotopic (exact) mass is 359 g/mol. The van der Waals surface area contributed by atoms with E-state index in [1.807, 2.05) is 12.1 Å². The zero-order valence-corrected chi connectivity index (χ0v) is 14.7. The van der Waals surface area contributed by atoms with Crippen LogP contribution in [0.25, 0.3) is 0 Å². The number of nitrogens with one attached hydrogen (secondary N) is 1. The summed E-state index contributed by atoms with van der Waals surface area (Å²) in [5.74, 6) is -0.120. The molecule has 1 atom stereocenters. The second-order valence-electron chi connectivity index (χ2n) is 6.07. The maximum Gasteiger partial charge on any atom is 0.253 e. The quantitative estimate of drug-likeness (QED) is 0.883. The molecular formula is C18H21N3O3S. The summed E-state index contributed by atoms with van der Waals surface area (Å²) in [6.07, 6.45) is 2.86. The highest BCUT2D eigenvalue weighted by Gasteiger charge is 2.32. The highest BCUT2D eigenvalue weighted by Crippen LogP contribution is 2.19. The summed E-state index contributed by atoms with van der Waals surface area (Å²) >= 11 is 0. The number of carbonyl (C=O) groups excluding carboxylic acids is 1. The van der Waals surface area contributed by atoms with Crippen molar-refractivity contribution in [3.63, 3.8) is 0 Å². The molecule has 0 saturated carbocycles. The highest BCUT2D eigenvalue weighted by atomic mass is 32.2. The number of nitrogens with zero attached hydrogens (tertiary/aromatic N) is 2. The van der Waals surface area contributed by atoms with Gasteiger partial charge in [-0.25, -0.2) is 13.1 Å². The van der Waals surface area contributed by atoms with Gasteiger partial charge in [0.05, 0.1) is 17.5 Å². The van der Waals surface area contributed by atoms with Crippen molar-refractivity contribution in [3.8, 4) is 0 Å². The lowest BCUT2D eigenvalue weighted by molar-refractivity contribution is 0.0726. The Bertz CT molecular complexity index is 810. The highest BCUT2D eigenvalue weighted by molar-refractivity contribution is 7.90. The van der Waals surface area contributed by atoms with E-state index in [4.69, 9.17) is 0 Å². The Morgan fingerprint density at radius 2 is 1.92 bits per heavy atom. The summed E-state index contributed by atoms with van der Waals surface area (Å²) in [5, 5.41) is -0.599. The van der Waals surface area contributed by atoms with E-state index in [1.54, 1.807) is 47.5 Å². The van der Waals surface area contributed by atoms with Crippen molar-refractivity contribution in [1.29, 1.82) is 0 Å². The summed E-state index contributed by atoms with van der Waals surface area (Å²) in [5.41, 5.74) is 1.25. The summed E-state index contributed by atoms with van der Waals surface area (Å²) < 4.78 is 27.8. The van der Waals surface area contributed by atoms with Crippen LogP contribution in [0.4, 0.5) is 0 Å². The average molecular weight is 359 g/mol. The molecule has 0 bridgehead atoms. The van der Waals surface area contributed by atoms with Gasteiger partial charge >= 0.3 is 0 Å². The molecule has 2 heterocycles. The van der Waals surface area contributed by atoms with Crippen molar-refractivity contribution >= 4 is 15.9 Å². The predicted molar refractivity (Wildman–Crippen MR) is 95.4 cm³/mol. The number of amides is 1. The molecule has 3 rings (SSSR count). The second-order valence-corrected chi connectivity index (χ2v) is 8.11. The lowest BCUT2D eigenvalue weighted by Crippen LogP contribution is -2.48. The molecule has 1 aliphatic rings. The topological polar surface area (TPSA) is 79.4 Å². The van der Waals surface area contributed by atoms with E-state index in [0.717, 1.165) is 0 Å². The maximum absolute atomic E-state index is 12.6. The summed E-state index contributed by atoms with van der Waals surface area (Å²) in [6.45, 7) is 0.956. The largest absolute Gasteiger partial charge is 0.337 e. The van der Waals surface area contributed by atoms with Crippen LogP contribution in [0.1, 0.15) is 28.9 Å². The van der Waals surface area contributed by atoms with Gasteiger partial charge in [0.2, 0.25) is 10.0 Å². The first kappa shape index (κ1) is 17.6. The van der Waals surface area contributed by atoms with Gasteiger partial charge in [-0.3, -0.25) is 9.78 Å². The number of benzene rings is 1. The van der Waals surface area contributed by atoms with Crippen LogP contribution in [-0.2, 0) is 16.6 Å². The Morgan fingerprint density at radius 1 is 1.16 bits per heavy atom. The first-order valence-electron chi connectivity index (χ1n) is 8.29. The molecule has 0 aliphatic carbocycles. The molecule has 0 radical (unpaired) electrons. The van der Waals surface area contributed by atoms with Gasteiger partial charge in [0.25, 0.3) is 5.91 Å². The SMILES string of the molecule is O=C(c1ccccc1)N1CCCC(S(=O)(=O)NCc2ccccn2)C1. The van der Waals surface area contributed by atoms with E-state index in [1.165, 1.54) is 0 Å². The Kier molecular flexibility index (Phi) is 5.45. The van der Waals surface area contributed by atoms with Gasteiger partial charge in [0.15, 0.2) is 0 Å². The molecule has 1 aromatic heterocycles. The molecule has 1 saturated heterocycles. The van der Waals surface area contributed by atoms with Crippen LogP contribution in [0.5, 0.6) is 0 Å². The van der Waals surface area contributed by atoms with Crippen LogP contribution in [-0.4, -0.2) is 42.5 Å². The van der Waals surface area contributed by atoms with Gasteiger partial charge in [-0.15, -0.1) is 0 Å². The van der Waals surface area contributed by atoms with Crippen molar-refractivity contribution in [2.75, 3.05) is 13.1 Å². The Morgan fingerprint density at radius 3 is 2.64 bits per heavy atom. The van der Waals surface area contributed by atoms with E-state index >= 15 is 0 Å². The Balaban J connectivity index is 1.65. The molecule has 2 aromatic rings. The molecule has 25 heavy (non-hydrogen) atoms. The van der Waals surface area contributed by atoms with E-state index in [0.29, 0.717) is 30.6 Å². The normalized spacial score (nSPS) is 18.1. The number of piperidine rings is 1. The smallest absolute Gasteiger partial charge is 0.253 e. The summed E-state index contributed by atoms with van der Waals surface area (Å²) in [7, 11) is -3.51. The fourth-order valence-electron chi connectivity index (χ4n) is 2.93. The molecule has 132 valence electrons. The maximum atomic E-state index is 12.6. The summed E-state index contributed by atoms with van der Waals surface area (Å²) in [4.78, 5) is 18.3. The minimum absolute atomic E-state index is 0.120. The number of pyridine rings is 1. The molecule has 1 fully saturated rings. The van der Waals surface area contributed by atoms with E-state index in [9.17, 15) is 13.2 Å². The number of hydrogen-bond donors (Lipinski definition) is 1. The summed E-state index contributed by atoms with van der Waals surface area (Å²) in [6, 6.07) is 14.3. The van der Waals surface area contributed by atoms with E-state index in [2.05, 4.69) is 9.71 Å². The third kappa shape index (κ3) is 4.43. The molecule has 6 nitrogen and oxygen atoms in total. The lowest BCUT2D eigenvalue weighted by atomic mass is 10.1. The molecule has 7 heteroatoms. The first-order chi connectivity index (χ1) is 12.1. The van der Waals surface area contributed by atoms with Gasteiger partial charge in [0, 0.05) is 24.8 Å². The fraction of sp³-hybridized carbons (Fsp3) is 0.333. The zero-order chi connectivity index (χ0) is 17.7. The van der Waals surface area contributed by atoms with Gasteiger partial charge < -0.3 is 4.90 Å². The average Bonchev–Trinajstić information content (AvgIpc) is 2.67. The number of sulfonamides is 1. The standard InChI is InChI=1S/C18H21N3O3S/c22-18(15-7-2-1-3-8-15)21-12-6-10-17(14-21)25(23,24)20-13-16-9-4-5-11-19-16/h1-5,7-9,11,17,20H,6,10,12-14H2. The van der Waals surface area contributed by atoms with Crippen molar-refractivity contribution in [2.45, 2.75) is 24.6 Å². The number of likely N-dealkylation sites (tertiary alicyclic amines) is 1. The van der Waals surface area contributed by atoms with E-state index in [-0.39, 0.29) is 19.0 Å². The van der Waals surface area contributed by atoms with Crippen LogP contribution in [0.15, 0.2) is 54.7 Å². The van der Waals surface area contributed by atoms with E-state index < -0.39 is 15.3 Å². The molecule has 1 aliphatic heterocycles.